The second-order valence-electron chi connectivity index (χ2n) is 2.85. The molecule has 0 aliphatic rings. The topological polar surface area (TPSA) is 65.2 Å². The number of alkyl halides is 2. The van der Waals surface area contributed by atoms with Crippen LogP contribution in [0.5, 0.6) is 0 Å². The van der Waals surface area contributed by atoms with Crippen molar-refractivity contribution in [3.8, 4) is 0 Å². The predicted octanol–water partition coefficient (Wildman–Crippen LogP) is 1.40. The van der Waals surface area contributed by atoms with E-state index in [1.165, 1.54) is 0 Å². The van der Waals surface area contributed by atoms with Gasteiger partial charge in [-0.15, -0.1) is 0 Å². The fourth-order valence-corrected chi connectivity index (χ4v) is 1.26. The standard InChI is InChI=1S/C9H9F3N2O2/c1-16-9(15)5-3-14-8(12)4(2-13)6(5)7(10)11/h3,7H,2,13H2,1H3. The molecular weight excluding hydrogens is 225 g/mol. The Balaban J connectivity index is 3.45. The van der Waals surface area contributed by atoms with Crippen LogP contribution in [0, 0.1) is 5.95 Å². The highest BCUT2D eigenvalue weighted by Crippen LogP contribution is 2.27. The minimum atomic E-state index is -3.02. The van der Waals surface area contributed by atoms with Crippen LogP contribution in [-0.2, 0) is 11.3 Å². The van der Waals surface area contributed by atoms with E-state index in [1.807, 2.05) is 0 Å². The molecule has 7 heteroatoms. The molecule has 0 amide bonds. The van der Waals surface area contributed by atoms with Crippen LogP contribution in [-0.4, -0.2) is 18.1 Å². The molecule has 0 bridgehead atoms. The minimum absolute atomic E-state index is 0.469. The number of hydrogen-bond donors (Lipinski definition) is 1. The summed E-state index contributed by atoms with van der Waals surface area (Å²) in [4.78, 5) is 14.3. The van der Waals surface area contributed by atoms with Crippen molar-refractivity contribution in [1.29, 1.82) is 0 Å². The van der Waals surface area contributed by atoms with E-state index in [2.05, 4.69) is 9.72 Å². The zero-order chi connectivity index (χ0) is 12.3. The normalized spacial score (nSPS) is 10.6. The third-order valence-corrected chi connectivity index (χ3v) is 2.00. The van der Waals surface area contributed by atoms with Gasteiger partial charge < -0.3 is 10.5 Å². The van der Waals surface area contributed by atoms with Gasteiger partial charge in [-0.25, -0.2) is 18.6 Å². The Hall–Kier alpha value is -1.63. The SMILES string of the molecule is COC(=O)c1cnc(F)c(CN)c1C(F)F. The number of methoxy groups -OCH3 is 1. The molecule has 1 rings (SSSR count). The van der Waals surface area contributed by atoms with Crippen molar-refractivity contribution in [2.24, 2.45) is 5.73 Å². The number of hydrogen-bond acceptors (Lipinski definition) is 4. The molecule has 2 N–H and O–H groups in total. The van der Waals surface area contributed by atoms with E-state index < -0.39 is 41.6 Å². The average molecular weight is 234 g/mol. The van der Waals surface area contributed by atoms with Gasteiger partial charge in [-0.05, 0) is 0 Å². The Morgan fingerprint density at radius 3 is 2.69 bits per heavy atom. The molecule has 0 aliphatic heterocycles. The van der Waals surface area contributed by atoms with Gasteiger partial charge in [-0.1, -0.05) is 0 Å². The number of pyridine rings is 1. The predicted molar refractivity (Wildman–Crippen MR) is 48.4 cm³/mol. The van der Waals surface area contributed by atoms with E-state index in [1.54, 1.807) is 0 Å². The lowest BCUT2D eigenvalue weighted by molar-refractivity contribution is 0.0588. The van der Waals surface area contributed by atoms with Crippen molar-refractivity contribution in [2.75, 3.05) is 7.11 Å². The molecule has 0 fully saturated rings. The molecule has 88 valence electrons. The fraction of sp³-hybridized carbons (Fsp3) is 0.333. The summed E-state index contributed by atoms with van der Waals surface area (Å²) in [6.07, 6.45) is -2.31. The fourth-order valence-electron chi connectivity index (χ4n) is 1.26. The summed E-state index contributed by atoms with van der Waals surface area (Å²) in [5, 5.41) is 0. The van der Waals surface area contributed by atoms with E-state index in [0.29, 0.717) is 6.20 Å². The van der Waals surface area contributed by atoms with Gasteiger partial charge in [0.15, 0.2) is 0 Å². The van der Waals surface area contributed by atoms with Crippen LogP contribution >= 0.6 is 0 Å². The van der Waals surface area contributed by atoms with Gasteiger partial charge in [0.2, 0.25) is 5.95 Å². The Kier molecular flexibility index (Phi) is 3.83. The molecule has 0 radical (unpaired) electrons. The maximum absolute atomic E-state index is 13.1. The molecule has 0 unspecified atom stereocenters. The summed E-state index contributed by atoms with van der Waals surface area (Å²) in [5.41, 5.74) is 3.43. The van der Waals surface area contributed by atoms with E-state index in [4.69, 9.17) is 5.73 Å². The van der Waals surface area contributed by atoms with Crippen molar-refractivity contribution in [1.82, 2.24) is 4.98 Å². The lowest BCUT2D eigenvalue weighted by Gasteiger charge is -2.11. The van der Waals surface area contributed by atoms with Gasteiger partial charge >= 0.3 is 5.97 Å². The lowest BCUT2D eigenvalue weighted by Crippen LogP contribution is -2.14. The largest absolute Gasteiger partial charge is 0.465 e. The van der Waals surface area contributed by atoms with Crippen molar-refractivity contribution < 1.29 is 22.7 Å². The first-order valence-electron chi connectivity index (χ1n) is 4.26. The Morgan fingerprint density at radius 1 is 1.62 bits per heavy atom. The van der Waals surface area contributed by atoms with Crippen LogP contribution in [0.15, 0.2) is 6.20 Å². The molecular formula is C9H9F3N2O2. The molecule has 0 atom stereocenters. The molecule has 1 aromatic heterocycles. The Labute approximate surface area is 89.2 Å². The molecule has 4 nitrogen and oxygen atoms in total. The quantitative estimate of drug-likeness (QED) is 0.634. The van der Waals surface area contributed by atoms with Gasteiger partial charge in [0.25, 0.3) is 6.43 Å². The molecule has 1 heterocycles. The highest BCUT2D eigenvalue weighted by atomic mass is 19.3. The van der Waals surface area contributed by atoms with E-state index in [-0.39, 0.29) is 0 Å². The van der Waals surface area contributed by atoms with Gasteiger partial charge in [0.1, 0.15) is 0 Å². The van der Waals surface area contributed by atoms with Crippen molar-refractivity contribution in [3.63, 3.8) is 0 Å². The molecule has 0 aliphatic carbocycles. The third-order valence-electron chi connectivity index (χ3n) is 2.00. The van der Waals surface area contributed by atoms with Crippen LogP contribution in [0.1, 0.15) is 27.9 Å². The number of rotatable bonds is 3. The summed E-state index contributed by atoms with van der Waals surface area (Å²) in [6, 6.07) is 0. The lowest BCUT2D eigenvalue weighted by atomic mass is 10.0. The first kappa shape index (κ1) is 12.4. The number of aromatic nitrogens is 1. The number of ether oxygens (including phenoxy) is 1. The Bertz CT molecular complexity index is 410. The van der Waals surface area contributed by atoms with Crippen molar-refractivity contribution in [3.05, 3.63) is 28.8 Å². The van der Waals surface area contributed by atoms with Gasteiger partial charge in [-0.2, -0.15) is 4.39 Å². The number of esters is 1. The number of carbonyl (C=O) groups is 1. The number of nitrogens with two attached hydrogens (primary N) is 1. The second kappa shape index (κ2) is 4.93. The molecule has 16 heavy (non-hydrogen) atoms. The van der Waals surface area contributed by atoms with E-state index in [0.717, 1.165) is 7.11 Å². The molecule has 1 aromatic rings. The third kappa shape index (κ3) is 2.13. The van der Waals surface area contributed by atoms with E-state index >= 15 is 0 Å². The van der Waals surface area contributed by atoms with Crippen LogP contribution in [0.3, 0.4) is 0 Å². The smallest absolute Gasteiger partial charge is 0.339 e. The summed E-state index contributed by atoms with van der Waals surface area (Å²) >= 11 is 0. The molecule has 0 spiro atoms. The van der Waals surface area contributed by atoms with Crippen molar-refractivity contribution in [2.45, 2.75) is 13.0 Å². The zero-order valence-corrected chi connectivity index (χ0v) is 8.34. The van der Waals surface area contributed by atoms with Crippen LogP contribution in [0.2, 0.25) is 0 Å². The first-order valence-corrected chi connectivity index (χ1v) is 4.26. The Morgan fingerprint density at radius 2 is 2.25 bits per heavy atom. The summed E-state index contributed by atoms with van der Waals surface area (Å²) in [7, 11) is 1.03. The zero-order valence-electron chi connectivity index (χ0n) is 8.34. The van der Waals surface area contributed by atoms with Crippen LogP contribution in [0.25, 0.3) is 0 Å². The second-order valence-corrected chi connectivity index (χ2v) is 2.85. The molecule has 0 aromatic carbocycles. The molecule has 0 saturated carbocycles. The molecule has 0 saturated heterocycles. The van der Waals surface area contributed by atoms with Gasteiger partial charge in [-0.3, -0.25) is 0 Å². The maximum atomic E-state index is 13.1. The average Bonchev–Trinajstić information content (AvgIpc) is 2.27. The highest BCUT2D eigenvalue weighted by Gasteiger charge is 2.25. The number of halogens is 3. The van der Waals surface area contributed by atoms with Crippen LogP contribution < -0.4 is 5.73 Å². The summed E-state index contributed by atoms with van der Waals surface area (Å²) in [6.45, 7) is -0.469. The number of carbonyl (C=O) groups excluding carboxylic acids is 1. The summed E-state index contributed by atoms with van der Waals surface area (Å²) in [5.74, 6) is -2.11. The van der Waals surface area contributed by atoms with Gasteiger partial charge in [0, 0.05) is 23.9 Å². The van der Waals surface area contributed by atoms with Crippen LogP contribution in [0.4, 0.5) is 13.2 Å². The number of nitrogens with zero attached hydrogens (tertiary/aromatic N) is 1. The first-order chi connectivity index (χ1) is 7.52. The van der Waals surface area contributed by atoms with Crippen molar-refractivity contribution >= 4 is 5.97 Å². The van der Waals surface area contributed by atoms with E-state index in [9.17, 15) is 18.0 Å². The highest BCUT2D eigenvalue weighted by molar-refractivity contribution is 5.91. The van der Waals surface area contributed by atoms with Gasteiger partial charge in [0.05, 0.1) is 12.7 Å². The monoisotopic (exact) mass is 234 g/mol. The maximum Gasteiger partial charge on any atom is 0.339 e. The summed E-state index contributed by atoms with van der Waals surface area (Å²) < 4.78 is 42.8. The minimum Gasteiger partial charge on any atom is -0.465 e.